The fourth-order valence-electron chi connectivity index (χ4n) is 3.29. The zero-order valence-electron chi connectivity index (χ0n) is 19.8. The Morgan fingerprint density at radius 2 is 1.90 bits per heavy atom. The molecular weight excluding hydrogens is 366 g/mol. The lowest BCUT2D eigenvalue weighted by molar-refractivity contribution is 0.589. The Balaban J connectivity index is 2.22. The molecule has 0 amide bonds. The molecule has 1 aromatic rings. The highest BCUT2D eigenvalue weighted by atomic mass is 15.4. The Bertz CT molecular complexity index is 863. The van der Waals surface area contributed by atoms with Gasteiger partial charge in [-0.1, -0.05) is 71.1 Å². The number of aryl methyl sites for hydroxylation is 1. The molecule has 0 atom stereocenters. The molecule has 3 heteroatoms. The number of benzene rings is 1. The van der Waals surface area contributed by atoms with E-state index in [9.17, 15) is 0 Å². The normalized spacial score (nSPS) is 15.3. The number of hydrogen-bond acceptors (Lipinski definition) is 3. The van der Waals surface area contributed by atoms with Gasteiger partial charge in [0.1, 0.15) is 0 Å². The van der Waals surface area contributed by atoms with Gasteiger partial charge in [0.15, 0.2) is 0 Å². The van der Waals surface area contributed by atoms with Crippen LogP contribution in [-0.2, 0) is 11.8 Å². The number of nitrogens with zero attached hydrogens (tertiary/aromatic N) is 2. The van der Waals surface area contributed by atoms with Crippen molar-refractivity contribution in [2.75, 3.05) is 18.6 Å². The average molecular weight is 406 g/mol. The molecule has 3 nitrogen and oxygen atoms in total. The fraction of sp³-hybridized carbons (Fsp3) is 0.444. The highest BCUT2D eigenvalue weighted by Crippen LogP contribution is 2.29. The topological polar surface area (TPSA) is 27.6 Å². The summed E-state index contributed by atoms with van der Waals surface area (Å²) in [4.78, 5) is 0. The van der Waals surface area contributed by atoms with Gasteiger partial charge in [-0.25, -0.2) is 0 Å². The molecule has 30 heavy (non-hydrogen) atoms. The molecule has 0 unspecified atom stereocenters. The largest absolute Gasteiger partial charge is 0.389 e. The van der Waals surface area contributed by atoms with E-state index in [1.54, 1.807) is 0 Å². The first-order chi connectivity index (χ1) is 14.1. The van der Waals surface area contributed by atoms with Gasteiger partial charge in [0.2, 0.25) is 0 Å². The van der Waals surface area contributed by atoms with Crippen molar-refractivity contribution < 1.29 is 0 Å². The summed E-state index contributed by atoms with van der Waals surface area (Å²) in [6.45, 7) is 20.4. The number of rotatable bonds is 9. The third-order valence-electron chi connectivity index (χ3n) is 5.33. The molecule has 0 radical (unpaired) electrons. The van der Waals surface area contributed by atoms with E-state index < -0.39 is 0 Å². The number of unbranched alkanes of at least 4 members (excludes halogenated alkanes) is 1. The van der Waals surface area contributed by atoms with Crippen molar-refractivity contribution in [1.82, 2.24) is 5.32 Å². The molecule has 0 aromatic heterocycles. The van der Waals surface area contributed by atoms with Crippen molar-refractivity contribution in [1.29, 1.82) is 0 Å². The van der Waals surface area contributed by atoms with Crippen molar-refractivity contribution in [2.45, 2.75) is 65.7 Å². The average Bonchev–Trinajstić information content (AvgIpc) is 2.68. The summed E-state index contributed by atoms with van der Waals surface area (Å²) in [6, 6.07) is 6.82. The first-order valence-corrected chi connectivity index (χ1v) is 11.0. The summed E-state index contributed by atoms with van der Waals surface area (Å²) < 4.78 is 0. The summed E-state index contributed by atoms with van der Waals surface area (Å²) in [6.07, 6.45) is 10.5. The van der Waals surface area contributed by atoms with Crippen molar-refractivity contribution in [3.05, 3.63) is 77.6 Å². The minimum Gasteiger partial charge on any atom is -0.389 e. The molecule has 1 N–H and O–H groups in total. The molecule has 0 heterocycles. The number of nitrogens with one attached hydrogen (secondary N) is 1. The third-order valence-corrected chi connectivity index (χ3v) is 5.33. The van der Waals surface area contributed by atoms with E-state index >= 15 is 0 Å². The van der Waals surface area contributed by atoms with E-state index in [2.05, 4.69) is 83.4 Å². The number of hydrogen-bond donors (Lipinski definition) is 1. The van der Waals surface area contributed by atoms with E-state index in [1.807, 2.05) is 18.1 Å². The zero-order chi connectivity index (χ0) is 22.3. The molecule has 0 saturated heterocycles. The Morgan fingerprint density at radius 1 is 1.17 bits per heavy atom. The Morgan fingerprint density at radius 3 is 2.53 bits per heavy atom. The second kappa shape index (κ2) is 10.5. The van der Waals surface area contributed by atoms with Crippen LogP contribution in [0.1, 0.15) is 65.0 Å². The Kier molecular flexibility index (Phi) is 8.28. The zero-order valence-corrected chi connectivity index (χ0v) is 19.8. The predicted octanol–water partition coefficient (Wildman–Crippen LogP) is 6.68. The van der Waals surface area contributed by atoms with Crippen molar-refractivity contribution >= 4 is 11.4 Å². The second-order valence-corrected chi connectivity index (χ2v) is 9.28. The van der Waals surface area contributed by atoms with Crippen molar-refractivity contribution in [2.24, 2.45) is 5.10 Å². The lowest BCUT2D eigenvalue weighted by Crippen LogP contribution is -2.17. The maximum Gasteiger partial charge on any atom is 0.0902 e. The van der Waals surface area contributed by atoms with Gasteiger partial charge in [-0.3, -0.25) is 5.01 Å². The summed E-state index contributed by atoms with van der Waals surface area (Å²) in [5, 5.41) is 10.2. The summed E-state index contributed by atoms with van der Waals surface area (Å²) in [5.41, 5.74) is 7.97. The Labute approximate surface area is 184 Å². The second-order valence-electron chi connectivity index (χ2n) is 9.28. The molecule has 2 rings (SSSR count). The first kappa shape index (κ1) is 23.7. The highest BCUT2D eigenvalue weighted by Gasteiger charge is 2.17. The van der Waals surface area contributed by atoms with Crippen LogP contribution >= 0.6 is 0 Å². The van der Waals surface area contributed by atoms with Crippen LogP contribution in [0, 0.1) is 0 Å². The van der Waals surface area contributed by atoms with Crippen molar-refractivity contribution in [3.8, 4) is 0 Å². The third kappa shape index (κ3) is 7.05. The molecule has 1 aromatic carbocycles. The lowest BCUT2D eigenvalue weighted by Gasteiger charge is -2.24. The first-order valence-electron chi connectivity index (χ1n) is 11.0. The maximum atomic E-state index is 4.82. The predicted molar refractivity (Wildman–Crippen MR) is 133 cm³/mol. The van der Waals surface area contributed by atoms with Gasteiger partial charge < -0.3 is 5.32 Å². The fourth-order valence-corrected chi connectivity index (χ4v) is 3.29. The van der Waals surface area contributed by atoms with Crippen LogP contribution in [0.25, 0.3) is 0 Å². The van der Waals surface area contributed by atoms with Gasteiger partial charge >= 0.3 is 0 Å². The quantitative estimate of drug-likeness (QED) is 0.366. The molecule has 0 spiro atoms. The standard InChI is InChI=1S/C27H39N3/c1-9-10-15-28-22(4)12-13-23-17-24(27(5,6)7)19-25(18-23)30(8)29-26-14-11-20(2)16-21(26)3/h11,14,16-19,28H,3-4,9-10,12-13,15H2,1-2,5-8H3/b29-26-. The van der Waals surface area contributed by atoms with E-state index in [0.717, 1.165) is 42.1 Å². The monoisotopic (exact) mass is 405 g/mol. The van der Waals surface area contributed by atoms with Gasteiger partial charge in [0.25, 0.3) is 0 Å². The van der Waals surface area contributed by atoms with Crippen LogP contribution in [-0.4, -0.2) is 19.3 Å². The minimum atomic E-state index is 0.0727. The minimum absolute atomic E-state index is 0.0727. The molecule has 0 fully saturated rings. The van der Waals surface area contributed by atoms with Gasteiger partial charge in [0, 0.05) is 19.3 Å². The van der Waals surface area contributed by atoms with Gasteiger partial charge in [0.05, 0.1) is 11.4 Å². The van der Waals surface area contributed by atoms with Gasteiger partial charge in [-0.15, -0.1) is 0 Å². The van der Waals surface area contributed by atoms with Gasteiger partial charge in [-0.05, 0) is 66.5 Å². The SMILES string of the molecule is C=C(CCc1cc(N(C)/N=C2/C=CC(C)=CC2=C)cc(C(C)(C)C)c1)NCCCC. The van der Waals surface area contributed by atoms with E-state index in [4.69, 9.17) is 5.10 Å². The van der Waals surface area contributed by atoms with Crippen LogP contribution in [0.4, 0.5) is 5.69 Å². The molecule has 0 saturated carbocycles. The highest BCUT2D eigenvalue weighted by molar-refractivity contribution is 6.11. The number of anilines is 1. The van der Waals surface area contributed by atoms with E-state index in [1.165, 1.54) is 29.5 Å². The molecule has 0 bridgehead atoms. The van der Waals surface area contributed by atoms with Crippen LogP contribution in [0.15, 0.2) is 71.5 Å². The molecule has 162 valence electrons. The molecule has 1 aliphatic carbocycles. The molecule has 0 aliphatic heterocycles. The Hall–Kier alpha value is -2.55. The van der Waals surface area contributed by atoms with Crippen LogP contribution < -0.4 is 10.3 Å². The lowest BCUT2D eigenvalue weighted by atomic mass is 9.85. The summed E-state index contributed by atoms with van der Waals surface area (Å²) in [7, 11) is 2.01. The van der Waals surface area contributed by atoms with E-state index in [-0.39, 0.29) is 5.41 Å². The number of hydrazone groups is 1. The molecule has 1 aliphatic rings. The summed E-state index contributed by atoms with van der Waals surface area (Å²) in [5.74, 6) is 0. The van der Waals surface area contributed by atoms with Crippen LogP contribution in [0.5, 0.6) is 0 Å². The van der Waals surface area contributed by atoms with Crippen LogP contribution in [0.2, 0.25) is 0 Å². The number of allylic oxidation sites excluding steroid dienone is 6. The smallest absolute Gasteiger partial charge is 0.0902 e. The van der Waals surface area contributed by atoms with Crippen LogP contribution in [0.3, 0.4) is 0 Å². The maximum absolute atomic E-state index is 4.82. The van der Waals surface area contributed by atoms with E-state index in [0.29, 0.717) is 0 Å². The summed E-state index contributed by atoms with van der Waals surface area (Å²) >= 11 is 0. The van der Waals surface area contributed by atoms with Gasteiger partial charge in [-0.2, -0.15) is 5.10 Å². The van der Waals surface area contributed by atoms with Crippen molar-refractivity contribution in [3.63, 3.8) is 0 Å². The molecular formula is C27H39N3.